The molecule has 1 aliphatic rings. The third-order valence-electron chi connectivity index (χ3n) is 4.39. The maximum absolute atomic E-state index is 12.5. The molecular weight excluding hydrogens is 374 g/mol. The molecule has 2 aromatic carbocycles. The summed E-state index contributed by atoms with van der Waals surface area (Å²) in [5.74, 6) is 0. The predicted molar refractivity (Wildman–Crippen MR) is 99.0 cm³/mol. The molecule has 0 aromatic heterocycles. The Kier molecular flexibility index (Phi) is 5.44. The van der Waals surface area contributed by atoms with Crippen molar-refractivity contribution < 1.29 is 16.8 Å². The lowest BCUT2D eigenvalue weighted by Crippen LogP contribution is -2.43. The van der Waals surface area contributed by atoms with Gasteiger partial charge in [-0.2, -0.15) is 12.7 Å². The zero-order chi connectivity index (χ0) is 18.8. The first-order valence-electron chi connectivity index (χ1n) is 8.19. The number of primary sulfonamides is 1. The van der Waals surface area contributed by atoms with Crippen LogP contribution < -0.4 is 9.86 Å². The maximum atomic E-state index is 12.5. The molecule has 3 rings (SSSR count). The lowest BCUT2D eigenvalue weighted by molar-refractivity contribution is 0.384. The standard InChI is InChI=1S/C17H21N3O4S2/c18-25(21,22)17-7-5-14(6-8-17)9-11-19-26(23,24)20-12-10-15-3-1-2-4-16(15)13-20/h1-8,19H,9-13H2,(H2,18,21,22). The Morgan fingerprint density at radius 2 is 1.62 bits per heavy atom. The second-order valence-electron chi connectivity index (χ2n) is 6.19. The molecule has 1 heterocycles. The van der Waals surface area contributed by atoms with Crippen molar-refractivity contribution in [1.29, 1.82) is 0 Å². The third kappa shape index (κ3) is 4.49. The van der Waals surface area contributed by atoms with E-state index in [1.165, 1.54) is 22.0 Å². The second kappa shape index (κ2) is 7.45. The maximum Gasteiger partial charge on any atom is 0.279 e. The molecular formula is C17H21N3O4S2. The minimum Gasteiger partial charge on any atom is -0.225 e. The van der Waals surface area contributed by atoms with Gasteiger partial charge in [-0.05, 0) is 41.7 Å². The average Bonchev–Trinajstić information content (AvgIpc) is 2.61. The molecule has 0 spiro atoms. The number of nitrogens with zero attached hydrogens (tertiary/aromatic N) is 1. The van der Waals surface area contributed by atoms with E-state index in [0.29, 0.717) is 25.9 Å². The third-order valence-corrected chi connectivity index (χ3v) is 6.88. The molecule has 3 N–H and O–H groups in total. The van der Waals surface area contributed by atoms with Gasteiger partial charge in [-0.25, -0.2) is 18.3 Å². The monoisotopic (exact) mass is 395 g/mol. The van der Waals surface area contributed by atoms with E-state index in [1.54, 1.807) is 12.1 Å². The quantitative estimate of drug-likeness (QED) is 0.753. The Morgan fingerprint density at radius 1 is 0.962 bits per heavy atom. The van der Waals surface area contributed by atoms with Crippen LogP contribution in [0.5, 0.6) is 0 Å². The predicted octanol–water partition coefficient (Wildman–Crippen LogP) is 0.769. The summed E-state index contributed by atoms with van der Waals surface area (Å²) in [7, 11) is -7.28. The van der Waals surface area contributed by atoms with Crippen LogP contribution in [0, 0.1) is 0 Å². The van der Waals surface area contributed by atoms with E-state index in [2.05, 4.69) is 4.72 Å². The molecule has 0 fully saturated rings. The fraction of sp³-hybridized carbons (Fsp3) is 0.294. The number of nitrogens with one attached hydrogen (secondary N) is 1. The molecule has 26 heavy (non-hydrogen) atoms. The van der Waals surface area contributed by atoms with Crippen molar-refractivity contribution in [3.8, 4) is 0 Å². The normalized spacial score (nSPS) is 15.6. The van der Waals surface area contributed by atoms with Crippen molar-refractivity contribution in [3.05, 3.63) is 65.2 Å². The Morgan fingerprint density at radius 3 is 2.27 bits per heavy atom. The molecule has 0 amide bonds. The van der Waals surface area contributed by atoms with Gasteiger partial charge in [0.2, 0.25) is 10.0 Å². The first-order chi connectivity index (χ1) is 12.3. The zero-order valence-electron chi connectivity index (χ0n) is 14.1. The largest absolute Gasteiger partial charge is 0.279 e. The number of hydrogen-bond acceptors (Lipinski definition) is 4. The molecule has 7 nitrogen and oxygen atoms in total. The van der Waals surface area contributed by atoms with Crippen molar-refractivity contribution in [1.82, 2.24) is 9.03 Å². The number of hydrogen-bond donors (Lipinski definition) is 2. The van der Waals surface area contributed by atoms with Crippen LogP contribution in [0.3, 0.4) is 0 Å². The molecule has 0 aliphatic carbocycles. The molecule has 0 bridgehead atoms. The van der Waals surface area contributed by atoms with Gasteiger partial charge in [-0.15, -0.1) is 0 Å². The molecule has 140 valence electrons. The smallest absolute Gasteiger partial charge is 0.225 e. The highest BCUT2D eigenvalue weighted by molar-refractivity contribution is 7.89. The van der Waals surface area contributed by atoms with E-state index in [-0.39, 0.29) is 11.4 Å². The number of fused-ring (bicyclic) bond motifs is 1. The number of rotatable bonds is 6. The van der Waals surface area contributed by atoms with Gasteiger partial charge in [0.05, 0.1) is 4.90 Å². The summed E-state index contributed by atoms with van der Waals surface area (Å²) in [5, 5.41) is 5.06. The summed E-state index contributed by atoms with van der Waals surface area (Å²) < 4.78 is 51.5. The van der Waals surface area contributed by atoms with Crippen molar-refractivity contribution >= 4 is 20.2 Å². The van der Waals surface area contributed by atoms with Crippen LogP contribution >= 0.6 is 0 Å². The van der Waals surface area contributed by atoms with Gasteiger partial charge in [0.25, 0.3) is 10.2 Å². The summed E-state index contributed by atoms with van der Waals surface area (Å²) in [4.78, 5) is 0.0359. The van der Waals surface area contributed by atoms with Gasteiger partial charge >= 0.3 is 0 Å². The Labute approximate surface area is 154 Å². The van der Waals surface area contributed by atoms with Gasteiger partial charge in [-0.1, -0.05) is 36.4 Å². The van der Waals surface area contributed by atoms with Crippen LogP contribution in [0.2, 0.25) is 0 Å². The molecule has 0 unspecified atom stereocenters. The van der Waals surface area contributed by atoms with Crippen molar-refractivity contribution in [3.63, 3.8) is 0 Å². The minimum atomic E-state index is -3.72. The van der Waals surface area contributed by atoms with E-state index in [1.807, 2.05) is 24.3 Å². The van der Waals surface area contributed by atoms with Crippen LogP contribution in [0.25, 0.3) is 0 Å². The topological polar surface area (TPSA) is 110 Å². The fourth-order valence-corrected chi connectivity index (χ4v) is 4.64. The molecule has 9 heteroatoms. The lowest BCUT2D eigenvalue weighted by atomic mass is 10.0. The van der Waals surface area contributed by atoms with Crippen molar-refractivity contribution in [2.45, 2.75) is 24.3 Å². The first kappa shape index (κ1) is 19.0. The van der Waals surface area contributed by atoms with Gasteiger partial charge < -0.3 is 0 Å². The number of benzene rings is 2. The minimum absolute atomic E-state index is 0.0359. The summed E-state index contributed by atoms with van der Waals surface area (Å²) in [6.07, 6.45) is 1.15. The van der Waals surface area contributed by atoms with E-state index in [4.69, 9.17) is 5.14 Å². The summed E-state index contributed by atoms with van der Waals surface area (Å²) >= 11 is 0. The van der Waals surface area contributed by atoms with Crippen molar-refractivity contribution in [2.24, 2.45) is 5.14 Å². The van der Waals surface area contributed by atoms with Gasteiger partial charge in [0.15, 0.2) is 0 Å². The lowest BCUT2D eigenvalue weighted by Gasteiger charge is -2.28. The van der Waals surface area contributed by atoms with E-state index in [0.717, 1.165) is 11.1 Å². The summed E-state index contributed by atoms with van der Waals surface area (Å²) in [6.45, 7) is 1.05. The Hall–Kier alpha value is -1.78. The SMILES string of the molecule is NS(=O)(=O)c1ccc(CCNS(=O)(=O)N2CCc3ccccc3C2)cc1. The molecule has 1 aliphatic heterocycles. The van der Waals surface area contributed by atoms with Gasteiger partial charge in [-0.3, -0.25) is 0 Å². The summed E-state index contributed by atoms with van der Waals surface area (Å²) in [5.41, 5.74) is 3.04. The van der Waals surface area contributed by atoms with Crippen molar-refractivity contribution in [2.75, 3.05) is 13.1 Å². The molecule has 0 saturated carbocycles. The zero-order valence-corrected chi connectivity index (χ0v) is 15.8. The van der Waals surface area contributed by atoms with Crippen LogP contribution in [-0.2, 0) is 39.6 Å². The molecule has 0 atom stereocenters. The highest BCUT2D eigenvalue weighted by Crippen LogP contribution is 2.20. The van der Waals surface area contributed by atoms with Crippen LogP contribution in [0.4, 0.5) is 0 Å². The van der Waals surface area contributed by atoms with Gasteiger partial charge in [0, 0.05) is 19.6 Å². The van der Waals surface area contributed by atoms with Crippen LogP contribution in [-0.4, -0.2) is 34.2 Å². The van der Waals surface area contributed by atoms with Gasteiger partial charge in [0.1, 0.15) is 0 Å². The van der Waals surface area contributed by atoms with E-state index >= 15 is 0 Å². The van der Waals surface area contributed by atoms with Crippen LogP contribution in [0.1, 0.15) is 16.7 Å². The Balaban J connectivity index is 1.57. The first-order valence-corrected chi connectivity index (χ1v) is 11.2. The van der Waals surface area contributed by atoms with E-state index in [9.17, 15) is 16.8 Å². The highest BCUT2D eigenvalue weighted by Gasteiger charge is 2.25. The number of sulfonamides is 1. The van der Waals surface area contributed by atoms with E-state index < -0.39 is 20.2 Å². The molecule has 0 saturated heterocycles. The molecule has 2 aromatic rings. The van der Waals surface area contributed by atoms with Crippen LogP contribution in [0.15, 0.2) is 53.4 Å². The molecule has 0 radical (unpaired) electrons. The Bertz CT molecular complexity index is 987. The second-order valence-corrected chi connectivity index (χ2v) is 9.51. The number of nitrogens with two attached hydrogens (primary N) is 1. The highest BCUT2D eigenvalue weighted by atomic mass is 32.2. The average molecular weight is 396 g/mol. The fourth-order valence-electron chi connectivity index (χ4n) is 2.94. The summed E-state index contributed by atoms with van der Waals surface area (Å²) in [6, 6.07) is 13.9.